The summed E-state index contributed by atoms with van der Waals surface area (Å²) in [4.78, 5) is 11.7. The molecule has 0 aliphatic heterocycles. The first-order chi connectivity index (χ1) is 13.7. The molecule has 0 aromatic carbocycles. The standard InChI is InChI=1S/C22H44O6/c1-4-6-8-11-21(3)28-22(23)12-10-14-25-16-18-27-20-19-26-17-15-24-13-9-7-5-2/h21H,4-20H2,1-3H3. The summed E-state index contributed by atoms with van der Waals surface area (Å²) >= 11 is 0. The van der Waals surface area contributed by atoms with Crippen molar-refractivity contribution in [3.8, 4) is 0 Å². The van der Waals surface area contributed by atoms with Crippen LogP contribution in [0.15, 0.2) is 0 Å². The molecule has 6 heteroatoms. The molecule has 0 aromatic heterocycles. The van der Waals surface area contributed by atoms with Crippen molar-refractivity contribution in [3.63, 3.8) is 0 Å². The lowest BCUT2D eigenvalue weighted by Gasteiger charge is -2.13. The van der Waals surface area contributed by atoms with Crippen LogP contribution in [0.1, 0.15) is 78.6 Å². The summed E-state index contributed by atoms with van der Waals surface area (Å²) in [5.74, 6) is -0.129. The number of unbranched alkanes of at least 4 members (excludes halogenated alkanes) is 4. The molecule has 0 bridgehead atoms. The Bertz CT molecular complexity index is 324. The SMILES string of the molecule is CCCCCOCCOCCOCCOCCCC(=O)OC(C)CCCCC. The molecule has 0 radical (unpaired) electrons. The van der Waals surface area contributed by atoms with Crippen LogP contribution in [0.4, 0.5) is 0 Å². The van der Waals surface area contributed by atoms with E-state index in [1.165, 1.54) is 25.7 Å². The fraction of sp³-hybridized carbons (Fsp3) is 0.955. The predicted octanol–water partition coefficient (Wildman–Crippen LogP) is 4.54. The summed E-state index contributed by atoms with van der Waals surface area (Å²) in [5, 5.41) is 0. The molecule has 0 aromatic rings. The lowest BCUT2D eigenvalue weighted by molar-refractivity contribution is -0.149. The van der Waals surface area contributed by atoms with Gasteiger partial charge in [-0.1, -0.05) is 39.5 Å². The van der Waals surface area contributed by atoms with E-state index in [1.54, 1.807) is 0 Å². The van der Waals surface area contributed by atoms with Gasteiger partial charge in [0.15, 0.2) is 0 Å². The topological polar surface area (TPSA) is 63.2 Å². The highest BCUT2D eigenvalue weighted by molar-refractivity contribution is 5.69. The van der Waals surface area contributed by atoms with Crippen molar-refractivity contribution < 1.29 is 28.5 Å². The molecule has 1 unspecified atom stereocenters. The van der Waals surface area contributed by atoms with E-state index in [4.69, 9.17) is 23.7 Å². The monoisotopic (exact) mass is 404 g/mol. The quantitative estimate of drug-likeness (QED) is 0.195. The number of carbonyl (C=O) groups excluding carboxylic acids is 1. The van der Waals surface area contributed by atoms with E-state index in [9.17, 15) is 4.79 Å². The maximum absolute atomic E-state index is 11.7. The van der Waals surface area contributed by atoms with E-state index in [1.807, 2.05) is 6.92 Å². The van der Waals surface area contributed by atoms with E-state index in [0.717, 1.165) is 25.9 Å². The summed E-state index contributed by atoms with van der Waals surface area (Å²) in [6.07, 6.45) is 9.11. The highest BCUT2D eigenvalue weighted by atomic mass is 16.6. The van der Waals surface area contributed by atoms with Gasteiger partial charge in [0.2, 0.25) is 0 Å². The van der Waals surface area contributed by atoms with Crippen molar-refractivity contribution in [3.05, 3.63) is 0 Å². The number of esters is 1. The summed E-state index contributed by atoms with van der Waals surface area (Å²) in [6, 6.07) is 0. The molecule has 0 saturated carbocycles. The fourth-order valence-corrected chi connectivity index (χ4v) is 2.56. The zero-order valence-corrected chi connectivity index (χ0v) is 18.5. The second-order valence-corrected chi connectivity index (χ2v) is 7.06. The summed E-state index contributed by atoms with van der Waals surface area (Å²) in [6.45, 7) is 11.1. The highest BCUT2D eigenvalue weighted by Gasteiger charge is 2.08. The molecule has 1 atom stereocenters. The van der Waals surface area contributed by atoms with Gasteiger partial charge >= 0.3 is 5.97 Å². The zero-order chi connectivity index (χ0) is 20.7. The molecule has 6 nitrogen and oxygen atoms in total. The molecule has 0 amide bonds. The van der Waals surface area contributed by atoms with E-state index in [0.29, 0.717) is 59.1 Å². The van der Waals surface area contributed by atoms with Crippen LogP contribution in [0.3, 0.4) is 0 Å². The molecule has 0 saturated heterocycles. The van der Waals surface area contributed by atoms with Crippen LogP contribution < -0.4 is 0 Å². The minimum atomic E-state index is -0.129. The van der Waals surface area contributed by atoms with Gasteiger partial charge in [-0.05, 0) is 32.6 Å². The number of hydrogen-bond acceptors (Lipinski definition) is 6. The lowest BCUT2D eigenvalue weighted by atomic mass is 10.1. The van der Waals surface area contributed by atoms with Crippen molar-refractivity contribution >= 4 is 5.97 Å². The molecule has 0 aliphatic rings. The first-order valence-corrected chi connectivity index (χ1v) is 11.2. The van der Waals surface area contributed by atoms with Crippen LogP contribution in [0, 0.1) is 0 Å². The van der Waals surface area contributed by atoms with Gasteiger partial charge in [0.25, 0.3) is 0 Å². The van der Waals surface area contributed by atoms with Crippen molar-refractivity contribution in [2.24, 2.45) is 0 Å². The van der Waals surface area contributed by atoms with Gasteiger partial charge in [0.1, 0.15) is 0 Å². The maximum Gasteiger partial charge on any atom is 0.306 e. The molecular weight excluding hydrogens is 360 g/mol. The van der Waals surface area contributed by atoms with Crippen LogP contribution in [0.2, 0.25) is 0 Å². The van der Waals surface area contributed by atoms with E-state index < -0.39 is 0 Å². The minimum Gasteiger partial charge on any atom is -0.463 e. The molecule has 0 rings (SSSR count). The van der Waals surface area contributed by atoms with Gasteiger partial charge in [-0.2, -0.15) is 0 Å². The Labute approximate surface area is 172 Å². The largest absolute Gasteiger partial charge is 0.463 e. The van der Waals surface area contributed by atoms with Crippen LogP contribution in [-0.4, -0.2) is 64.9 Å². The van der Waals surface area contributed by atoms with Gasteiger partial charge in [-0.15, -0.1) is 0 Å². The van der Waals surface area contributed by atoms with Crippen molar-refractivity contribution in [2.75, 3.05) is 52.9 Å². The van der Waals surface area contributed by atoms with Gasteiger partial charge in [0, 0.05) is 19.6 Å². The third kappa shape index (κ3) is 21.6. The second kappa shape index (κ2) is 22.6. The first-order valence-electron chi connectivity index (χ1n) is 11.2. The Morgan fingerprint density at radius 1 is 0.643 bits per heavy atom. The van der Waals surface area contributed by atoms with Gasteiger partial charge in [-0.25, -0.2) is 0 Å². The Morgan fingerprint density at radius 2 is 1.11 bits per heavy atom. The summed E-state index contributed by atoms with van der Waals surface area (Å²) < 4.78 is 27.2. The minimum absolute atomic E-state index is 0.0169. The second-order valence-electron chi connectivity index (χ2n) is 7.06. The number of ether oxygens (including phenoxy) is 5. The van der Waals surface area contributed by atoms with E-state index >= 15 is 0 Å². The van der Waals surface area contributed by atoms with Crippen LogP contribution in [0.5, 0.6) is 0 Å². The fourth-order valence-electron chi connectivity index (χ4n) is 2.56. The summed E-state index contributed by atoms with van der Waals surface area (Å²) in [7, 11) is 0. The zero-order valence-electron chi connectivity index (χ0n) is 18.5. The molecule has 0 heterocycles. The maximum atomic E-state index is 11.7. The Hall–Kier alpha value is -0.690. The Balaban J connectivity index is 3.19. The lowest BCUT2D eigenvalue weighted by Crippen LogP contribution is -2.15. The Morgan fingerprint density at radius 3 is 1.64 bits per heavy atom. The average molecular weight is 405 g/mol. The smallest absolute Gasteiger partial charge is 0.306 e. The third-order valence-electron chi connectivity index (χ3n) is 4.22. The third-order valence-corrected chi connectivity index (χ3v) is 4.22. The highest BCUT2D eigenvalue weighted by Crippen LogP contribution is 2.07. The summed E-state index contributed by atoms with van der Waals surface area (Å²) in [5.41, 5.74) is 0. The van der Waals surface area contributed by atoms with E-state index in [2.05, 4.69) is 13.8 Å². The van der Waals surface area contributed by atoms with Gasteiger partial charge < -0.3 is 23.7 Å². The number of hydrogen-bond donors (Lipinski definition) is 0. The Kier molecular flexibility index (Phi) is 22.0. The molecule has 28 heavy (non-hydrogen) atoms. The van der Waals surface area contributed by atoms with E-state index in [-0.39, 0.29) is 12.1 Å². The molecule has 0 aliphatic carbocycles. The van der Waals surface area contributed by atoms with Crippen LogP contribution in [-0.2, 0) is 28.5 Å². The number of carbonyl (C=O) groups is 1. The molecule has 168 valence electrons. The molecular formula is C22H44O6. The molecule has 0 spiro atoms. The average Bonchev–Trinajstić information content (AvgIpc) is 2.67. The van der Waals surface area contributed by atoms with Crippen molar-refractivity contribution in [2.45, 2.75) is 84.7 Å². The predicted molar refractivity (Wildman–Crippen MR) is 112 cm³/mol. The molecule has 0 N–H and O–H groups in total. The molecule has 0 fully saturated rings. The van der Waals surface area contributed by atoms with Gasteiger partial charge in [-0.3, -0.25) is 4.79 Å². The normalized spacial score (nSPS) is 12.2. The number of rotatable bonds is 22. The van der Waals surface area contributed by atoms with Crippen LogP contribution >= 0.6 is 0 Å². The van der Waals surface area contributed by atoms with Crippen molar-refractivity contribution in [1.82, 2.24) is 0 Å². The van der Waals surface area contributed by atoms with Gasteiger partial charge in [0.05, 0.1) is 45.7 Å². The first kappa shape index (κ1) is 27.3. The van der Waals surface area contributed by atoms with Crippen LogP contribution in [0.25, 0.3) is 0 Å². The van der Waals surface area contributed by atoms with Crippen molar-refractivity contribution in [1.29, 1.82) is 0 Å².